The molecule has 0 spiro atoms. The Morgan fingerprint density at radius 1 is 0.742 bits per heavy atom. The first-order valence-corrected chi connectivity index (χ1v) is 13.9. The molecule has 0 aliphatic heterocycles. The molecule has 4 aliphatic rings. The van der Waals surface area contributed by atoms with Crippen LogP contribution >= 0.6 is 0 Å². The molecule has 0 radical (unpaired) electrons. The van der Waals surface area contributed by atoms with Gasteiger partial charge >= 0.3 is 0 Å². The molecule has 0 saturated heterocycles. The first-order valence-electron chi connectivity index (χ1n) is 13.9. The normalized spacial score (nSPS) is 46.4. The van der Waals surface area contributed by atoms with E-state index in [-0.39, 0.29) is 6.10 Å². The van der Waals surface area contributed by atoms with E-state index in [1.54, 1.807) is 0 Å². The van der Waals surface area contributed by atoms with Crippen molar-refractivity contribution < 1.29 is 5.11 Å². The predicted molar refractivity (Wildman–Crippen MR) is 133 cm³/mol. The Hall–Kier alpha value is -0.300. The van der Waals surface area contributed by atoms with Crippen molar-refractivity contribution in [2.45, 2.75) is 112 Å². The van der Waals surface area contributed by atoms with Gasteiger partial charge in [0.15, 0.2) is 0 Å². The van der Waals surface area contributed by atoms with Crippen LogP contribution in [0.2, 0.25) is 0 Å². The van der Waals surface area contributed by atoms with Gasteiger partial charge in [-0.3, -0.25) is 0 Å². The van der Waals surface area contributed by atoms with E-state index in [9.17, 15) is 5.11 Å². The summed E-state index contributed by atoms with van der Waals surface area (Å²) < 4.78 is 0. The van der Waals surface area contributed by atoms with Gasteiger partial charge in [0.25, 0.3) is 0 Å². The Labute approximate surface area is 193 Å². The lowest BCUT2D eigenvalue weighted by atomic mass is 9.44. The highest BCUT2D eigenvalue weighted by Crippen LogP contribution is 2.68. The van der Waals surface area contributed by atoms with Crippen molar-refractivity contribution in [3.05, 3.63) is 12.2 Å². The number of rotatable bonds is 5. The van der Waals surface area contributed by atoms with Gasteiger partial charge in [-0.05, 0) is 122 Å². The van der Waals surface area contributed by atoms with E-state index in [0.29, 0.717) is 22.7 Å². The number of aliphatic hydroxyl groups excluding tert-OH is 1. The monoisotopic (exact) mass is 428 g/mol. The van der Waals surface area contributed by atoms with Gasteiger partial charge in [0.2, 0.25) is 0 Å². The van der Waals surface area contributed by atoms with Crippen LogP contribution in [0.15, 0.2) is 12.2 Å². The summed E-state index contributed by atoms with van der Waals surface area (Å²) >= 11 is 0. The van der Waals surface area contributed by atoms with Crippen LogP contribution in [0.1, 0.15) is 106 Å². The van der Waals surface area contributed by atoms with E-state index in [1.165, 1.54) is 44.9 Å². The van der Waals surface area contributed by atoms with Gasteiger partial charge in [-0.25, -0.2) is 0 Å². The van der Waals surface area contributed by atoms with Gasteiger partial charge in [0, 0.05) is 0 Å². The van der Waals surface area contributed by atoms with Crippen LogP contribution in [0, 0.1) is 64.1 Å². The van der Waals surface area contributed by atoms with Gasteiger partial charge in [-0.15, -0.1) is 0 Å². The van der Waals surface area contributed by atoms with Crippen LogP contribution in [-0.4, -0.2) is 11.2 Å². The molecule has 4 aliphatic carbocycles. The van der Waals surface area contributed by atoms with Crippen molar-refractivity contribution in [3.8, 4) is 0 Å². The molecule has 0 bridgehead atoms. The first kappa shape index (κ1) is 23.8. The third-order valence-electron chi connectivity index (χ3n) is 11.5. The number of hydrogen-bond donors (Lipinski definition) is 1. The Morgan fingerprint density at radius 3 is 2.06 bits per heavy atom. The third-order valence-corrected chi connectivity index (χ3v) is 11.5. The fourth-order valence-electron chi connectivity index (χ4n) is 9.79. The van der Waals surface area contributed by atoms with E-state index in [2.05, 4.69) is 60.6 Å². The molecule has 9 atom stereocenters. The third kappa shape index (κ3) is 4.08. The average Bonchev–Trinajstić information content (AvgIpc) is 3.05. The van der Waals surface area contributed by atoms with Crippen LogP contribution in [0.5, 0.6) is 0 Å². The summed E-state index contributed by atoms with van der Waals surface area (Å²) in [6, 6.07) is 0. The Kier molecular flexibility index (Phi) is 6.78. The lowest BCUT2D eigenvalue weighted by Crippen LogP contribution is -2.54. The highest BCUT2D eigenvalue weighted by molar-refractivity contribution is 5.11. The minimum absolute atomic E-state index is 0.0208. The molecular weight excluding hydrogens is 376 g/mol. The molecule has 4 rings (SSSR count). The van der Waals surface area contributed by atoms with Crippen molar-refractivity contribution in [3.63, 3.8) is 0 Å². The van der Waals surface area contributed by atoms with Gasteiger partial charge in [0.1, 0.15) is 0 Å². The zero-order valence-corrected chi connectivity index (χ0v) is 21.7. The SMILES string of the molecule is CC(C)C(/C=C\[C@@H](C)[C@H]1CC[C@H]2[C@@H]3CC[C@H]4C[C@@H](O)CC[C@]4(C)[C@H]3CC[C@]12C)C(C)C. The lowest BCUT2D eigenvalue weighted by molar-refractivity contribution is -0.128. The second-order valence-electron chi connectivity index (χ2n) is 13.6. The van der Waals surface area contributed by atoms with Crippen LogP contribution in [0.4, 0.5) is 0 Å². The summed E-state index contributed by atoms with van der Waals surface area (Å²) in [5.41, 5.74) is 1.06. The standard InChI is InChI=1S/C30H52O/c1-19(2)24(20(3)4)10-8-21(5)26-12-13-27-25-11-9-22-18-23(31)14-16-29(22,6)28(25)15-17-30(26,27)7/h8,10,19-28,31H,9,11-18H2,1-7H3/b10-8-/t21-,22+,23+,25+,26-,27+,28+,29+,30-/m1/s1. The second kappa shape index (κ2) is 8.81. The van der Waals surface area contributed by atoms with Crippen LogP contribution < -0.4 is 0 Å². The van der Waals surface area contributed by atoms with E-state index >= 15 is 0 Å². The van der Waals surface area contributed by atoms with Crippen LogP contribution in [-0.2, 0) is 0 Å². The van der Waals surface area contributed by atoms with Crippen molar-refractivity contribution in [2.24, 2.45) is 64.1 Å². The molecule has 0 heterocycles. The molecule has 1 N–H and O–H groups in total. The summed E-state index contributed by atoms with van der Waals surface area (Å²) in [4.78, 5) is 0. The highest BCUT2D eigenvalue weighted by Gasteiger charge is 2.60. The average molecular weight is 429 g/mol. The molecule has 0 aromatic carbocycles. The molecule has 1 heteroatoms. The molecule has 0 aromatic heterocycles. The van der Waals surface area contributed by atoms with Gasteiger partial charge < -0.3 is 5.11 Å². The maximum atomic E-state index is 10.3. The highest BCUT2D eigenvalue weighted by atomic mass is 16.3. The molecular formula is C30H52O. The summed E-state index contributed by atoms with van der Waals surface area (Å²) in [6.07, 6.45) is 17.2. The Morgan fingerprint density at radius 2 is 1.39 bits per heavy atom. The van der Waals surface area contributed by atoms with Crippen molar-refractivity contribution >= 4 is 0 Å². The van der Waals surface area contributed by atoms with E-state index in [0.717, 1.165) is 54.3 Å². The Bertz CT molecular complexity index is 641. The van der Waals surface area contributed by atoms with Gasteiger partial charge in [-0.2, -0.15) is 0 Å². The molecule has 1 nitrogen and oxygen atoms in total. The summed E-state index contributed by atoms with van der Waals surface area (Å²) in [6.45, 7) is 17.4. The van der Waals surface area contributed by atoms with E-state index < -0.39 is 0 Å². The fraction of sp³-hybridized carbons (Fsp3) is 0.933. The zero-order valence-electron chi connectivity index (χ0n) is 21.7. The lowest BCUT2D eigenvalue weighted by Gasteiger charge is -2.61. The maximum Gasteiger partial charge on any atom is 0.0543 e. The van der Waals surface area contributed by atoms with Crippen LogP contribution in [0.3, 0.4) is 0 Å². The number of aliphatic hydroxyl groups is 1. The zero-order chi connectivity index (χ0) is 22.6. The number of fused-ring (bicyclic) bond motifs is 5. The van der Waals surface area contributed by atoms with Gasteiger partial charge in [0.05, 0.1) is 6.10 Å². The minimum Gasteiger partial charge on any atom is -0.393 e. The van der Waals surface area contributed by atoms with Crippen molar-refractivity contribution in [1.82, 2.24) is 0 Å². The summed E-state index contributed by atoms with van der Waals surface area (Å²) in [7, 11) is 0. The first-order chi connectivity index (χ1) is 14.6. The fourth-order valence-corrected chi connectivity index (χ4v) is 9.79. The summed E-state index contributed by atoms with van der Waals surface area (Å²) in [5, 5.41) is 10.3. The number of allylic oxidation sites excluding steroid dienone is 2. The maximum absolute atomic E-state index is 10.3. The second-order valence-corrected chi connectivity index (χ2v) is 13.6. The molecule has 4 saturated carbocycles. The number of hydrogen-bond acceptors (Lipinski definition) is 1. The largest absolute Gasteiger partial charge is 0.393 e. The summed E-state index contributed by atoms with van der Waals surface area (Å²) in [5.74, 6) is 7.36. The quantitative estimate of drug-likeness (QED) is 0.438. The molecule has 0 aromatic rings. The Balaban J connectivity index is 1.49. The molecule has 31 heavy (non-hydrogen) atoms. The van der Waals surface area contributed by atoms with Crippen molar-refractivity contribution in [1.29, 1.82) is 0 Å². The van der Waals surface area contributed by atoms with Crippen molar-refractivity contribution in [2.75, 3.05) is 0 Å². The van der Waals surface area contributed by atoms with Crippen LogP contribution in [0.25, 0.3) is 0 Å². The topological polar surface area (TPSA) is 20.2 Å². The predicted octanol–water partition coefficient (Wildman–Crippen LogP) is 8.13. The molecule has 4 fully saturated rings. The van der Waals surface area contributed by atoms with E-state index in [4.69, 9.17) is 0 Å². The minimum atomic E-state index is -0.0208. The molecule has 0 amide bonds. The van der Waals surface area contributed by atoms with E-state index in [1.807, 2.05) is 0 Å². The molecule has 0 unspecified atom stereocenters. The van der Waals surface area contributed by atoms with Gasteiger partial charge in [-0.1, -0.05) is 60.6 Å². The molecule has 178 valence electrons. The smallest absolute Gasteiger partial charge is 0.0543 e.